The maximum atomic E-state index is 12.3. The summed E-state index contributed by atoms with van der Waals surface area (Å²) in [7, 11) is 0. The molecule has 0 aromatic carbocycles. The fraction of sp³-hybridized carbons (Fsp3) is 0.542. The molecule has 0 bridgehead atoms. The summed E-state index contributed by atoms with van der Waals surface area (Å²) in [4.78, 5) is 29.1. The summed E-state index contributed by atoms with van der Waals surface area (Å²) >= 11 is 0. The molecule has 2 heterocycles. The largest absolute Gasteiger partial charge is 0.481 e. The number of pyridine rings is 1. The predicted molar refractivity (Wildman–Crippen MR) is 117 cm³/mol. The number of aliphatic hydroxyl groups excluding tert-OH is 1. The number of aliphatic hydroxyl groups is 1. The predicted octanol–water partition coefficient (Wildman–Crippen LogP) is 3.86. The summed E-state index contributed by atoms with van der Waals surface area (Å²) in [6.07, 6.45) is 13.0. The first-order valence-corrected chi connectivity index (χ1v) is 10.8. The van der Waals surface area contributed by atoms with Crippen molar-refractivity contribution in [2.75, 3.05) is 6.54 Å². The Morgan fingerprint density at radius 3 is 2.80 bits per heavy atom. The van der Waals surface area contributed by atoms with Gasteiger partial charge in [0.1, 0.15) is 0 Å². The number of hydrogen-bond acceptors (Lipinski definition) is 4. The van der Waals surface area contributed by atoms with E-state index in [1.54, 1.807) is 6.08 Å². The molecule has 2 N–H and O–H groups in total. The lowest BCUT2D eigenvalue weighted by Gasteiger charge is -2.33. The molecule has 0 aliphatic carbocycles. The first-order chi connectivity index (χ1) is 14.4. The van der Waals surface area contributed by atoms with Crippen molar-refractivity contribution in [2.45, 2.75) is 76.9 Å². The number of allylic oxidation sites excluding steroid dienone is 1. The average Bonchev–Trinajstić information content (AvgIpc) is 2.70. The third kappa shape index (κ3) is 8.11. The Hall–Kier alpha value is -2.47. The number of likely N-dealkylation sites (tertiary alicyclic amines) is 1. The van der Waals surface area contributed by atoms with Crippen molar-refractivity contribution >= 4 is 11.9 Å². The highest BCUT2D eigenvalue weighted by Crippen LogP contribution is 2.20. The fourth-order valence-electron chi connectivity index (χ4n) is 3.50. The van der Waals surface area contributed by atoms with Gasteiger partial charge in [-0.3, -0.25) is 14.6 Å². The van der Waals surface area contributed by atoms with Crippen LogP contribution in [-0.4, -0.2) is 50.7 Å². The molecule has 2 rings (SSSR count). The summed E-state index contributed by atoms with van der Waals surface area (Å²) in [6, 6.07) is 3.98. The maximum absolute atomic E-state index is 12.3. The van der Waals surface area contributed by atoms with Crippen LogP contribution >= 0.6 is 0 Å². The van der Waals surface area contributed by atoms with Crippen LogP contribution in [0.3, 0.4) is 0 Å². The zero-order chi connectivity index (χ0) is 21.9. The van der Waals surface area contributed by atoms with Crippen LogP contribution in [0.2, 0.25) is 0 Å². The molecule has 164 valence electrons. The number of carbonyl (C=O) groups is 2. The molecule has 1 unspecified atom stereocenters. The highest BCUT2D eigenvalue weighted by atomic mass is 16.4. The van der Waals surface area contributed by atoms with Crippen LogP contribution < -0.4 is 0 Å². The van der Waals surface area contributed by atoms with E-state index in [1.165, 1.54) is 5.56 Å². The van der Waals surface area contributed by atoms with E-state index < -0.39 is 12.1 Å². The van der Waals surface area contributed by atoms with Crippen LogP contribution in [0, 0.1) is 0 Å². The second kappa shape index (κ2) is 12.3. The highest BCUT2D eigenvalue weighted by Gasteiger charge is 2.25. The number of carboxylic acid groups (broad SMARTS) is 1. The maximum Gasteiger partial charge on any atom is 0.303 e. The molecule has 2 atom stereocenters. The Labute approximate surface area is 179 Å². The van der Waals surface area contributed by atoms with Crippen LogP contribution in [0.5, 0.6) is 0 Å². The summed E-state index contributed by atoms with van der Waals surface area (Å²) < 4.78 is 0. The summed E-state index contributed by atoms with van der Waals surface area (Å²) in [5, 5.41) is 19.1. The minimum Gasteiger partial charge on any atom is -0.481 e. The molecule has 1 saturated heterocycles. The van der Waals surface area contributed by atoms with Crippen molar-refractivity contribution in [3.63, 3.8) is 0 Å². The third-order valence-electron chi connectivity index (χ3n) is 5.33. The van der Waals surface area contributed by atoms with E-state index in [0.717, 1.165) is 18.5 Å². The van der Waals surface area contributed by atoms with Gasteiger partial charge in [-0.25, -0.2) is 0 Å². The Morgan fingerprint density at radius 2 is 2.13 bits per heavy atom. The number of carboxylic acids is 1. The smallest absolute Gasteiger partial charge is 0.303 e. The first kappa shape index (κ1) is 23.8. The SMILES string of the molecule is CC(C)c1ccc(CC(O)C=C[C@H]2CCCC(=O)N2CC=CCCCC(=O)O)nc1. The number of unbranched alkanes of at least 4 members (excludes halogenated alkanes) is 1. The van der Waals surface area contributed by atoms with E-state index in [9.17, 15) is 14.7 Å². The van der Waals surface area contributed by atoms with Crippen LogP contribution in [0.1, 0.15) is 69.5 Å². The van der Waals surface area contributed by atoms with Crippen molar-refractivity contribution in [3.05, 3.63) is 53.9 Å². The molecule has 0 spiro atoms. The molecule has 1 amide bonds. The normalized spacial score (nSPS) is 18.6. The highest BCUT2D eigenvalue weighted by molar-refractivity contribution is 5.77. The number of rotatable bonds is 11. The zero-order valence-corrected chi connectivity index (χ0v) is 18.0. The molecule has 6 nitrogen and oxygen atoms in total. The molecule has 1 aliphatic rings. The van der Waals surface area contributed by atoms with Crippen LogP contribution in [0.15, 0.2) is 42.6 Å². The van der Waals surface area contributed by atoms with Gasteiger partial charge >= 0.3 is 5.97 Å². The molecule has 1 fully saturated rings. The molecule has 6 heteroatoms. The van der Waals surface area contributed by atoms with Gasteiger partial charge in [0.25, 0.3) is 0 Å². The third-order valence-corrected chi connectivity index (χ3v) is 5.33. The lowest BCUT2D eigenvalue weighted by atomic mass is 9.99. The number of piperidine rings is 1. The van der Waals surface area contributed by atoms with Gasteiger partial charge in [0.2, 0.25) is 5.91 Å². The van der Waals surface area contributed by atoms with E-state index >= 15 is 0 Å². The average molecular weight is 415 g/mol. The van der Waals surface area contributed by atoms with Gasteiger partial charge in [-0.1, -0.05) is 44.2 Å². The van der Waals surface area contributed by atoms with Crippen molar-refractivity contribution in [3.8, 4) is 0 Å². The topological polar surface area (TPSA) is 90.7 Å². The Balaban J connectivity index is 1.87. The van der Waals surface area contributed by atoms with E-state index in [4.69, 9.17) is 5.11 Å². The molecule has 30 heavy (non-hydrogen) atoms. The zero-order valence-electron chi connectivity index (χ0n) is 18.0. The lowest BCUT2D eigenvalue weighted by Crippen LogP contribution is -2.42. The van der Waals surface area contributed by atoms with Gasteiger partial charge in [0, 0.05) is 37.7 Å². The number of aliphatic carboxylic acids is 1. The molecule has 1 aromatic heterocycles. The number of aromatic nitrogens is 1. The Morgan fingerprint density at radius 1 is 1.33 bits per heavy atom. The number of amides is 1. The molecular formula is C24H34N2O4. The minimum absolute atomic E-state index is 0.0270. The molecule has 1 aliphatic heterocycles. The van der Waals surface area contributed by atoms with Gasteiger partial charge in [0.05, 0.1) is 12.1 Å². The van der Waals surface area contributed by atoms with Gasteiger partial charge in [-0.05, 0) is 43.2 Å². The van der Waals surface area contributed by atoms with Crippen molar-refractivity contribution in [1.29, 1.82) is 0 Å². The quantitative estimate of drug-likeness (QED) is 0.424. The summed E-state index contributed by atoms with van der Waals surface area (Å²) in [5.74, 6) is -0.242. The molecule has 0 radical (unpaired) electrons. The number of carbonyl (C=O) groups excluding carboxylic acids is 1. The van der Waals surface area contributed by atoms with Crippen molar-refractivity contribution in [1.82, 2.24) is 9.88 Å². The Kier molecular flexibility index (Phi) is 9.74. The van der Waals surface area contributed by atoms with E-state index in [2.05, 4.69) is 18.8 Å². The van der Waals surface area contributed by atoms with E-state index in [-0.39, 0.29) is 18.4 Å². The molecular weight excluding hydrogens is 380 g/mol. The number of nitrogens with zero attached hydrogens (tertiary/aromatic N) is 2. The van der Waals surface area contributed by atoms with Crippen molar-refractivity contribution in [2.24, 2.45) is 0 Å². The summed E-state index contributed by atoms with van der Waals surface area (Å²) in [5.41, 5.74) is 2.02. The molecule has 0 saturated carbocycles. The lowest BCUT2D eigenvalue weighted by molar-refractivity contribution is -0.137. The monoisotopic (exact) mass is 414 g/mol. The number of hydrogen-bond donors (Lipinski definition) is 2. The minimum atomic E-state index is -0.788. The van der Waals surface area contributed by atoms with Gasteiger partial charge in [0.15, 0.2) is 0 Å². The van der Waals surface area contributed by atoms with Gasteiger partial charge in [-0.15, -0.1) is 0 Å². The fourth-order valence-corrected chi connectivity index (χ4v) is 3.50. The van der Waals surface area contributed by atoms with Gasteiger partial charge in [-0.2, -0.15) is 0 Å². The van der Waals surface area contributed by atoms with Crippen LogP contribution in [0.25, 0.3) is 0 Å². The van der Waals surface area contributed by atoms with Crippen molar-refractivity contribution < 1.29 is 19.8 Å². The van der Waals surface area contributed by atoms with E-state index in [0.29, 0.717) is 38.1 Å². The first-order valence-electron chi connectivity index (χ1n) is 10.8. The van der Waals surface area contributed by atoms with E-state index in [1.807, 2.05) is 41.5 Å². The second-order valence-corrected chi connectivity index (χ2v) is 8.16. The standard InChI is InChI=1S/C24H34N2O4/c1-18(2)19-11-12-20(25-17-19)16-22(27)14-13-21-8-7-9-23(28)26(21)15-6-4-3-5-10-24(29)30/h4,6,11-14,17-18,21-22,27H,3,5,7-10,15-16H2,1-2H3,(H,29,30)/t21-,22?/m1/s1. The second-order valence-electron chi connectivity index (χ2n) is 8.16. The summed E-state index contributed by atoms with van der Waals surface area (Å²) in [6.45, 7) is 4.75. The molecule has 1 aromatic rings. The van der Waals surface area contributed by atoms with Crippen LogP contribution in [0.4, 0.5) is 0 Å². The van der Waals surface area contributed by atoms with Crippen LogP contribution in [-0.2, 0) is 16.0 Å². The Bertz CT molecular complexity index is 740. The van der Waals surface area contributed by atoms with Gasteiger partial charge < -0.3 is 15.1 Å².